The molecular weight excluding hydrogens is 526 g/mol. The molecule has 2 amide bonds. The standard InChI is InChI=1S/C31H39N3O5S/c1-7-27(31(36)32-8-2)33(20-25-14-9-22(3)10-15-25)30(35)21-34(28-19-24(5)13-18-29(28)39-6)40(37,38)26-16-11-23(4)12-17-26/h9-19,27H,7-8,20-21H2,1-6H3,(H,32,36)/t27-/m0/s1. The first kappa shape index (κ1) is 30.7. The Morgan fingerprint density at radius 1 is 0.875 bits per heavy atom. The van der Waals surface area contributed by atoms with Crippen molar-refractivity contribution >= 4 is 27.5 Å². The van der Waals surface area contributed by atoms with Crippen molar-refractivity contribution in [1.29, 1.82) is 0 Å². The normalized spacial score (nSPS) is 11.9. The molecular formula is C31H39N3O5S. The number of likely N-dealkylation sites (N-methyl/N-ethyl adjacent to an activating group) is 1. The lowest BCUT2D eigenvalue weighted by atomic mass is 10.1. The minimum absolute atomic E-state index is 0.0512. The number of benzene rings is 3. The molecule has 3 rings (SSSR count). The van der Waals surface area contributed by atoms with Gasteiger partial charge in [0, 0.05) is 13.1 Å². The summed E-state index contributed by atoms with van der Waals surface area (Å²) < 4.78 is 34.8. The zero-order chi connectivity index (χ0) is 29.4. The minimum Gasteiger partial charge on any atom is -0.495 e. The number of rotatable bonds is 12. The van der Waals surface area contributed by atoms with Crippen molar-refractivity contribution in [3.8, 4) is 5.75 Å². The summed E-state index contributed by atoms with van der Waals surface area (Å²) >= 11 is 0. The third-order valence-corrected chi connectivity index (χ3v) is 8.48. The molecule has 3 aromatic carbocycles. The lowest BCUT2D eigenvalue weighted by Crippen LogP contribution is -2.52. The summed E-state index contributed by atoms with van der Waals surface area (Å²) in [6, 6.07) is 18.6. The summed E-state index contributed by atoms with van der Waals surface area (Å²) in [7, 11) is -2.73. The minimum atomic E-state index is -4.18. The second-order valence-corrected chi connectivity index (χ2v) is 11.7. The van der Waals surface area contributed by atoms with E-state index >= 15 is 0 Å². The number of anilines is 1. The number of nitrogens with one attached hydrogen (secondary N) is 1. The van der Waals surface area contributed by atoms with Crippen molar-refractivity contribution in [3.63, 3.8) is 0 Å². The fourth-order valence-electron chi connectivity index (χ4n) is 4.45. The molecule has 3 aromatic rings. The van der Waals surface area contributed by atoms with Gasteiger partial charge in [-0.15, -0.1) is 0 Å². The van der Waals surface area contributed by atoms with Crippen LogP contribution in [0.5, 0.6) is 5.75 Å². The second-order valence-electron chi connectivity index (χ2n) is 9.83. The van der Waals surface area contributed by atoms with Gasteiger partial charge in [-0.3, -0.25) is 13.9 Å². The zero-order valence-electron chi connectivity index (χ0n) is 24.1. The first-order valence-electron chi connectivity index (χ1n) is 13.4. The van der Waals surface area contributed by atoms with Crippen molar-refractivity contribution in [1.82, 2.24) is 10.2 Å². The summed E-state index contributed by atoms with van der Waals surface area (Å²) in [5.74, 6) is -0.473. The Labute approximate surface area is 238 Å². The van der Waals surface area contributed by atoms with Crippen LogP contribution in [0.4, 0.5) is 5.69 Å². The van der Waals surface area contributed by atoms with Gasteiger partial charge < -0.3 is 15.0 Å². The molecule has 40 heavy (non-hydrogen) atoms. The van der Waals surface area contributed by atoms with Gasteiger partial charge in [-0.1, -0.05) is 60.5 Å². The van der Waals surface area contributed by atoms with Crippen LogP contribution in [0.1, 0.15) is 42.5 Å². The molecule has 0 aliphatic rings. The number of hydrogen-bond donors (Lipinski definition) is 1. The van der Waals surface area contributed by atoms with E-state index in [-0.39, 0.29) is 23.0 Å². The van der Waals surface area contributed by atoms with Crippen molar-refractivity contribution in [3.05, 3.63) is 89.0 Å². The van der Waals surface area contributed by atoms with Gasteiger partial charge in [0.1, 0.15) is 18.3 Å². The molecule has 0 saturated carbocycles. The molecule has 0 radical (unpaired) electrons. The first-order chi connectivity index (χ1) is 19.0. The number of aryl methyl sites for hydroxylation is 3. The number of carbonyl (C=O) groups is 2. The van der Waals surface area contributed by atoms with Gasteiger partial charge in [0.15, 0.2) is 0 Å². The van der Waals surface area contributed by atoms with Crippen LogP contribution in [0.2, 0.25) is 0 Å². The number of methoxy groups -OCH3 is 1. The van der Waals surface area contributed by atoms with E-state index in [9.17, 15) is 18.0 Å². The van der Waals surface area contributed by atoms with Crippen molar-refractivity contribution in [2.75, 3.05) is 24.5 Å². The SMILES string of the molecule is CCNC(=O)[C@H](CC)N(Cc1ccc(C)cc1)C(=O)CN(c1cc(C)ccc1OC)S(=O)(=O)c1ccc(C)cc1. The molecule has 1 N–H and O–H groups in total. The van der Waals surface area contributed by atoms with Crippen molar-refractivity contribution < 1.29 is 22.7 Å². The highest BCUT2D eigenvalue weighted by Gasteiger charge is 2.34. The number of amides is 2. The third kappa shape index (κ3) is 7.21. The molecule has 0 spiro atoms. The van der Waals surface area contributed by atoms with Gasteiger partial charge in [0.25, 0.3) is 10.0 Å². The Hall–Kier alpha value is -3.85. The van der Waals surface area contributed by atoms with E-state index < -0.39 is 28.5 Å². The molecule has 0 saturated heterocycles. The lowest BCUT2D eigenvalue weighted by molar-refractivity contribution is -0.140. The molecule has 0 aliphatic heterocycles. The number of nitrogens with zero attached hydrogens (tertiary/aromatic N) is 2. The van der Waals surface area contributed by atoms with Crippen molar-refractivity contribution in [2.24, 2.45) is 0 Å². The van der Waals surface area contributed by atoms with Crippen molar-refractivity contribution in [2.45, 2.75) is 58.5 Å². The monoisotopic (exact) mass is 565 g/mol. The van der Waals surface area contributed by atoms with Gasteiger partial charge in [-0.05, 0) is 69.5 Å². The second kappa shape index (κ2) is 13.5. The number of hydrogen-bond acceptors (Lipinski definition) is 5. The van der Waals surface area contributed by atoms with E-state index in [2.05, 4.69) is 5.32 Å². The highest BCUT2D eigenvalue weighted by Crippen LogP contribution is 2.34. The molecule has 0 bridgehead atoms. The average molecular weight is 566 g/mol. The molecule has 214 valence electrons. The molecule has 8 nitrogen and oxygen atoms in total. The Balaban J connectivity index is 2.12. The van der Waals surface area contributed by atoms with E-state index in [1.54, 1.807) is 24.3 Å². The molecule has 0 heterocycles. The third-order valence-electron chi connectivity index (χ3n) is 6.70. The van der Waals surface area contributed by atoms with Gasteiger partial charge in [-0.25, -0.2) is 8.42 Å². The maximum atomic E-state index is 14.1. The fourth-order valence-corrected chi connectivity index (χ4v) is 5.86. The van der Waals surface area contributed by atoms with Gasteiger partial charge in [0.05, 0.1) is 17.7 Å². The van der Waals surface area contributed by atoms with Gasteiger partial charge in [0.2, 0.25) is 11.8 Å². The van der Waals surface area contributed by atoms with Gasteiger partial charge >= 0.3 is 0 Å². The molecule has 1 atom stereocenters. The summed E-state index contributed by atoms with van der Waals surface area (Å²) in [5, 5.41) is 2.81. The predicted octanol–water partition coefficient (Wildman–Crippen LogP) is 4.76. The van der Waals surface area contributed by atoms with Crippen LogP contribution in [0.3, 0.4) is 0 Å². The molecule has 0 fully saturated rings. The van der Waals surface area contributed by atoms with E-state index in [0.717, 1.165) is 26.6 Å². The van der Waals surface area contributed by atoms with Crippen LogP contribution in [-0.2, 0) is 26.2 Å². The maximum Gasteiger partial charge on any atom is 0.264 e. The molecule has 0 aliphatic carbocycles. The number of carbonyl (C=O) groups excluding carboxylic acids is 2. The van der Waals surface area contributed by atoms with E-state index in [1.165, 1.54) is 24.1 Å². The molecule has 0 aromatic heterocycles. The average Bonchev–Trinajstić information content (AvgIpc) is 2.92. The lowest BCUT2D eigenvalue weighted by Gasteiger charge is -2.33. The highest BCUT2D eigenvalue weighted by molar-refractivity contribution is 7.92. The summed E-state index contributed by atoms with van der Waals surface area (Å²) in [5.41, 5.74) is 3.86. The Morgan fingerprint density at radius 2 is 1.45 bits per heavy atom. The number of sulfonamides is 1. The van der Waals surface area contributed by atoms with Gasteiger partial charge in [-0.2, -0.15) is 0 Å². The van der Waals surface area contributed by atoms with Crippen LogP contribution in [0, 0.1) is 20.8 Å². The zero-order valence-corrected chi connectivity index (χ0v) is 24.9. The first-order valence-corrected chi connectivity index (χ1v) is 14.8. The van der Waals surface area contributed by atoms with Crippen LogP contribution in [-0.4, -0.2) is 51.4 Å². The van der Waals surface area contributed by atoms with Crippen LogP contribution in [0.15, 0.2) is 71.6 Å². The fraction of sp³-hybridized carbons (Fsp3) is 0.355. The number of ether oxygens (including phenoxy) is 1. The summed E-state index contributed by atoms with van der Waals surface area (Å²) in [6.07, 6.45) is 0.363. The van der Waals surface area contributed by atoms with E-state index in [1.807, 2.05) is 65.0 Å². The summed E-state index contributed by atoms with van der Waals surface area (Å²) in [6.45, 7) is 9.38. The van der Waals surface area contributed by atoms with Crippen LogP contribution >= 0.6 is 0 Å². The Bertz CT molecular complexity index is 1420. The Kier molecular flexibility index (Phi) is 10.3. The maximum absolute atomic E-state index is 14.1. The van der Waals surface area contributed by atoms with E-state index in [4.69, 9.17) is 4.74 Å². The highest BCUT2D eigenvalue weighted by atomic mass is 32.2. The topological polar surface area (TPSA) is 96.0 Å². The van der Waals surface area contributed by atoms with Crippen LogP contribution in [0.25, 0.3) is 0 Å². The smallest absolute Gasteiger partial charge is 0.264 e. The largest absolute Gasteiger partial charge is 0.495 e. The molecule has 9 heteroatoms. The molecule has 0 unspecified atom stereocenters. The summed E-state index contributed by atoms with van der Waals surface area (Å²) in [4.78, 5) is 28.7. The van der Waals surface area contributed by atoms with E-state index in [0.29, 0.717) is 18.7 Å². The van der Waals surface area contributed by atoms with Crippen LogP contribution < -0.4 is 14.4 Å². The quantitative estimate of drug-likeness (QED) is 0.342. The Morgan fingerprint density at radius 3 is 2.00 bits per heavy atom. The predicted molar refractivity (Wildman–Crippen MR) is 158 cm³/mol.